The highest BCUT2D eigenvalue weighted by atomic mass is 35.5. The fourth-order valence-electron chi connectivity index (χ4n) is 3.25. The molecule has 0 N–H and O–H groups in total. The molecule has 0 aliphatic carbocycles. The number of benzene rings is 3. The predicted octanol–water partition coefficient (Wildman–Crippen LogP) is 6.65. The van der Waals surface area contributed by atoms with Crippen molar-refractivity contribution in [3.05, 3.63) is 102 Å². The van der Waals surface area contributed by atoms with Gasteiger partial charge in [-0.3, -0.25) is 0 Å². The molecule has 4 nitrogen and oxygen atoms in total. The highest BCUT2D eigenvalue weighted by molar-refractivity contribution is 6.30. The summed E-state index contributed by atoms with van der Waals surface area (Å²) in [6, 6.07) is 25.2. The molecule has 0 bridgehead atoms. The summed E-state index contributed by atoms with van der Waals surface area (Å²) >= 11 is 5.98. The second-order valence-corrected chi connectivity index (χ2v) is 7.20. The Balaban J connectivity index is 1.62. The van der Waals surface area contributed by atoms with E-state index in [9.17, 15) is 4.39 Å². The third-order valence-electron chi connectivity index (χ3n) is 4.77. The van der Waals surface area contributed by atoms with Gasteiger partial charge in [-0.2, -0.15) is 5.10 Å². The highest BCUT2D eigenvalue weighted by Crippen LogP contribution is 2.34. The van der Waals surface area contributed by atoms with Crippen molar-refractivity contribution in [3.63, 3.8) is 0 Å². The van der Waals surface area contributed by atoms with E-state index in [1.165, 1.54) is 12.1 Å². The molecule has 0 saturated heterocycles. The average Bonchev–Trinajstić information content (AvgIpc) is 3.43. The molecular weight excluding hydrogens is 401 g/mol. The topological polar surface area (TPSA) is 43.9 Å². The maximum absolute atomic E-state index is 13.5. The third kappa shape index (κ3) is 3.51. The maximum Gasteiger partial charge on any atom is 0.167 e. The second kappa shape index (κ2) is 7.61. The highest BCUT2D eigenvalue weighted by Gasteiger charge is 2.18. The Hall–Kier alpha value is -3.70. The summed E-state index contributed by atoms with van der Waals surface area (Å²) < 4.78 is 20.8. The van der Waals surface area contributed by atoms with Gasteiger partial charge in [-0.1, -0.05) is 35.0 Å². The monoisotopic (exact) mass is 415 g/mol. The Labute approximate surface area is 177 Å². The zero-order chi connectivity index (χ0) is 20.5. The van der Waals surface area contributed by atoms with E-state index in [2.05, 4.69) is 5.16 Å². The quantitative estimate of drug-likeness (QED) is 0.330. The number of nitrogens with zero attached hydrogens (tertiary/aromatic N) is 3. The van der Waals surface area contributed by atoms with Gasteiger partial charge < -0.3 is 4.52 Å². The Morgan fingerprint density at radius 1 is 0.833 bits per heavy atom. The molecule has 146 valence electrons. The smallest absolute Gasteiger partial charge is 0.167 e. The molecule has 0 amide bonds. The van der Waals surface area contributed by atoms with E-state index in [0.717, 1.165) is 22.4 Å². The van der Waals surface area contributed by atoms with E-state index in [1.807, 2.05) is 54.7 Å². The molecule has 0 aliphatic rings. The van der Waals surface area contributed by atoms with Gasteiger partial charge in [0.2, 0.25) is 0 Å². The number of para-hydroxylation sites is 1. The lowest BCUT2D eigenvalue weighted by Gasteiger charge is -2.00. The molecule has 2 heterocycles. The van der Waals surface area contributed by atoms with Crippen molar-refractivity contribution in [3.8, 4) is 39.5 Å². The summed E-state index contributed by atoms with van der Waals surface area (Å²) in [7, 11) is 0. The summed E-state index contributed by atoms with van der Waals surface area (Å²) in [5.41, 5.74) is 4.69. The van der Waals surface area contributed by atoms with E-state index in [1.54, 1.807) is 28.9 Å². The van der Waals surface area contributed by atoms with Gasteiger partial charge in [0.15, 0.2) is 5.76 Å². The van der Waals surface area contributed by atoms with Crippen LogP contribution in [0.25, 0.3) is 39.5 Å². The Bertz CT molecular complexity index is 1290. The number of hydrogen-bond acceptors (Lipinski definition) is 3. The third-order valence-corrected chi connectivity index (χ3v) is 5.02. The molecule has 0 radical (unpaired) electrons. The SMILES string of the molecule is Fc1ccc(-c2nn(-c3ccccc3)cc2-c2cc(-c3ccc(Cl)cc3)on2)cc1. The predicted molar refractivity (Wildman–Crippen MR) is 115 cm³/mol. The first-order valence-electron chi connectivity index (χ1n) is 9.31. The zero-order valence-corrected chi connectivity index (χ0v) is 16.4. The molecule has 30 heavy (non-hydrogen) atoms. The molecule has 0 aliphatic heterocycles. The van der Waals surface area contributed by atoms with E-state index >= 15 is 0 Å². The molecule has 6 heteroatoms. The van der Waals surface area contributed by atoms with Crippen LogP contribution in [-0.4, -0.2) is 14.9 Å². The molecule has 0 saturated carbocycles. The average molecular weight is 416 g/mol. The molecule has 5 rings (SSSR count). The summed E-state index contributed by atoms with van der Waals surface area (Å²) in [5.74, 6) is 0.327. The van der Waals surface area contributed by atoms with E-state index in [-0.39, 0.29) is 5.82 Å². The zero-order valence-electron chi connectivity index (χ0n) is 15.7. The summed E-state index contributed by atoms with van der Waals surface area (Å²) in [5, 5.41) is 9.66. The van der Waals surface area contributed by atoms with Gasteiger partial charge in [0.1, 0.15) is 17.2 Å². The van der Waals surface area contributed by atoms with Crippen LogP contribution in [0.5, 0.6) is 0 Å². The van der Waals surface area contributed by atoms with Crippen LogP contribution in [0, 0.1) is 5.82 Å². The van der Waals surface area contributed by atoms with Crippen molar-refractivity contribution in [2.45, 2.75) is 0 Å². The first-order valence-corrected chi connectivity index (χ1v) is 9.69. The van der Waals surface area contributed by atoms with Gasteiger partial charge >= 0.3 is 0 Å². The first kappa shape index (κ1) is 18.3. The van der Waals surface area contributed by atoms with Crippen molar-refractivity contribution in [2.75, 3.05) is 0 Å². The largest absolute Gasteiger partial charge is 0.356 e. The van der Waals surface area contributed by atoms with Crippen LogP contribution in [0.4, 0.5) is 4.39 Å². The van der Waals surface area contributed by atoms with Crippen LogP contribution in [0.3, 0.4) is 0 Å². The fraction of sp³-hybridized carbons (Fsp3) is 0. The van der Waals surface area contributed by atoms with E-state index < -0.39 is 0 Å². The van der Waals surface area contributed by atoms with Crippen LogP contribution in [0.15, 0.2) is 95.6 Å². The van der Waals surface area contributed by atoms with Crippen molar-refractivity contribution in [1.82, 2.24) is 14.9 Å². The lowest BCUT2D eigenvalue weighted by molar-refractivity contribution is 0.435. The van der Waals surface area contributed by atoms with Crippen LogP contribution in [-0.2, 0) is 0 Å². The normalized spacial score (nSPS) is 11.0. The van der Waals surface area contributed by atoms with Crippen LogP contribution < -0.4 is 0 Å². The van der Waals surface area contributed by atoms with Gasteiger partial charge in [-0.25, -0.2) is 9.07 Å². The molecule has 0 unspecified atom stereocenters. The Morgan fingerprint density at radius 2 is 1.53 bits per heavy atom. The Morgan fingerprint density at radius 3 is 2.27 bits per heavy atom. The summed E-state index contributed by atoms with van der Waals surface area (Å²) in [4.78, 5) is 0. The molecule has 0 fully saturated rings. The number of aromatic nitrogens is 3. The van der Waals surface area contributed by atoms with Gasteiger partial charge in [0, 0.05) is 28.4 Å². The number of hydrogen-bond donors (Lipinski definition) is 0. The minimum absolute atomic E-state index is 0.297. The van der Waals surface area contributed by atoms with Crippen molar-refractivity contribution in [1.29, 1.82) is 0 Å². The van der Waals surface area contributed by atoms with Crippen LogP contribution in [0.2, 0.25) is 5.02 Å². The fourth-order valence-corrected chi connectivity index (χ4v) is 3.37. The van der Waals surface area contributed by atoms with Crippen molar-refractivity contribution < 1.29 is 8.91 Å². The maximum atomic E-state index is 13.5. The minimum Gasteiger partial charge on any atom is -0.356 e. The van der Waals surface area contributed by atoms with Gasteiger partial charge in [0.05, 0.1) is 11.3 Å². The van der Waals surface area contributed by atoms with Gasteiger partial charge in [-0.15, -0.1) is 0 Å². The van der Waals surface area contributed by atoms with Gasteiger partial charge in [0.25, 0.3) is 0 Å². The van der Waals surface area contributed by atoms with Crippen molar-refractivity contribution in [2.24, 2.45) is 0 Å². The number of rotatable bonds is 4. The standard InChI is InChI=1S/C24H15ClFN3O/c25-18-10-6-16(7-11-18)23-14-22(28-30-23)21-15-29(20-4-2-1-3-5-20)27-24(21)17-8-12-19(26)13-9-17/h1-15H. The van der Waals surface area contributed by atoms with E-state index in [4.69, 9.17) is 21.2 Å². The summed E-state index contributed by atoms with van der Waals surface area (Å²) in [6.45, 7) is 0. The van der Waals surface area contributed by atoms with Crippen LogP contribution >= 0.6 is 11.6 Å². The lowest BCUT2D eigenvalue weighted by Crippen LogP contribution is -1.94. The van der Waals surface area contributed by atoms with Crippen LogP contribution in [0.1, 0.15) is 0 Å². The molecule has 0 atom stereocenters. The van der Waals surface area contributed by atoms with Gasteiger partial charge in [-0.05, 0) is 60.7 Å². The molecule has 0 spiro atoms. The molecule has 5 aromatic rings. The van der Waals surface area contributed by atoms with Crippen molar-refractivity contribution >= 4 is 11.6 Å². The second-order valence-electron chi connectivity index (χ2n) is 6.76. The lowest BCUT2D eigenvalue weighted by atomic mass is 10.1. The molecular formula is C24H15ClFN3O. The Kier molecular flexibility index (Phi) is 4.65. The minimum atomic E-state index is -0.297. The van der Waals surface area contributed by atoms with E-state index in [0.29, 0.717) is 22.2 Å². The molecule has 2 aromatic heterocycles. The molecule has 3 aromatic carbocycles. The first-order chi connectivity index (χ1) is 14.7. The summed E-state index contributed by atoms with van der Waals surface area (Å²) in [6.07, 6.45) is 1.90. The number of halogens is 2.